The van der Waals surface area contributed by atoms with Gasteiger partial charge in [0, 0.05) is 13.3 Å². The van der Waals surface area contributed by atoms with Gasteiger partial charge in [-0.25, -0.2) is 0 Å². The summed E-state index contributed by atoms with van der Waals surface area (Å²) < 4.78 is 35.7. The number of rotatable bonds is 3. The number of carbonyl (C=O) groups is 2. The van der Waals surface area contributed by atoms with Crippen LogP contribution < -0.4 is 5.32 Å². The molecule has 0 spiro atoms. The molecular formula is C6H8F3NO2. The predicted octanol–water partition coefficient (Wildman–Crippen LogP) is 0.642. The molecule has 0 bridgehead atoms. The van der Waals surface area contributed by atoms with Crippen molar-refractivity contribution >= 4 is 12.2 Å². The van der Waals surface area contributed by atoms with E-state index in [1.165, 1.54) is 0 Å². The van der Waals surface area contributed by atoms with Crippen molar-refractivity contribution in [2.75, 3.05) is 0 Å². The summed E-state index contributed by atoms with van der Waals surface area (Å²) >= 11 is 0. The highest BCUT2D eigenvalue weighted by Gasteiger charge is 2.39. The Morgan fingerprint density at radius 1 is 1.58 bits per heavy atom. The minimum atomic E-state index is -4.56. The number of alkyl halides is 3. The molecule has 1 amide bonds. The summed E-state index contributed by atoms with van der Waals surface area (Å²) in [4.78, 5) is 20.0. The van der Waals surface area contributed by atoms with Crippen molar-refractivity contribution < 1.29 is 22.8 Å². The Labute approximate surface area is 66.9 Å². The van der Waals surface area contributed by atoms with E-state index in [9.17, 15) is 22.8 Å². The van der Waals surface area contributed by atoms with Gasteiger partial charge >= 0.3 is 6.18 Å². The summed E-state index contributed by atoms with van der Waals surface area (Å²) in [5, 5.41) is 1.63. The summed E-state index contributed by atoms with van der Waals surface area (Å²) in [6.07, 6.45) is -5.19. The average molecular weight is 183 g/mol. The molecule has 0 saturated carbocycles. The molecule has 0 aromatic carbocycles. The van der Waals surface area contributed by atoms with Crippen molar-refractivity contribution in [3.05, 3.63) is 0 Å². The monoisotopic (exact) mass is 183 g/mol. The van der Waals surface area contributed by atoms with E-state index in [1.54, 1.807) is 5.32 Å². The van der Waals surface area contributed by atoms with Crippen molar-refractivity contribution in [3.8, 4) is 0 Å². The van der Waals surface area contributed by atoms with Gasteiger partial charge in [0.15, 0.2) is 0 Å². The highest BCUT2D eigenvalue weighted by molar-refractivity contribution is 5.73. The molecule has 0 fully saturated rings. The Morgan fingerprint density at radius 3 is 2.33 bits per heavy atom. The van der Waals surface area contributed by atoms with Gasteiger partial charge in [0.1, 0.15) is 12.3 Å². The quantitative estimate of drug-likeness (QED) is 0.652. The average Bonchev–Trinajstić information content (AvgIpc) is 1.83. The topological polar surface area (TPSA) is 46.2 Å². The fourth-order valence-electron chi connectivity index (χ4n) is 0.616. The lowest BCUT2D eigenvalue weighted by molar-refractivity contribution is -0.163. The Balaban J connectivity index is 4.22. The van der Waals surface area contributed by atoms with E-state index in [4.69, 9.17) is 0 Å². The Morgan fingerprint density at radius 2 is 2.08 bits per heavy atom. The van der Waals surface area contributed by atoms with E-state index in [2.05, 4.69) is 0 Å². The van der Waals surface area contributed by atoms with Crippen LogP contribution in [0.5, 0.6) is 0 Å². The molecule has 1 atom stereocenters. The molecule has 3 nitrogen and oxygen atoms in total. The zero-order chi connectivity index (χ0) is 9.78. The molecule has 70 valence electrons. The maximum Gasteiger partial charge on any atom is 0.409 e. The van der Waals surface area contributed by atoms with Crippen LogP contribution in [0.15, 0.2) is 0 Å². The van der Waals surface area contributed by atoms with Crippen LogP contribution in [0.1, 0.15) is 13.3 Å². The largest absolute Gasteiger partial charge is 0.409 e. The summed E-state index contributed by atoms with van der Waals surface area (Å²) in [5.41, 5.74) is 0. The molecule has 0 aromatic heterocycles. The van der Waals surface area contributed by atoms with E-state index in [1.807, 2.05) is 0 Å². The van der Waals surface area contributed by atoms with Crippen molar-refractivity contribution in [2.45, 2.75) is 25.6 Å². The minimum absolute atomic E-state index is 0.119. The fraction of sp³-hybridized carbons (Fsp3) is 0.667. The molecular weight excluding hydrogens is 175 g/mol. The highest BCUT2D eigenvalue weighted by Crippen LogP contribution is 2.21. The smallest absolute Gasteiger partial charge is 0.344 e. The van der Waals surface area contributed by atoms with Crippen molar-refractivity contribution in [1.82, 2.24) is 5.32 Å². The van der Waals surface area contributed by atoms with E-state index in [0.717, 1.165) is 6.92 Å². The first-order chi connectivity index (χ1) is 5.38. The molecule has 0 unspecified atom stereocenters. The van der Waals surface area contributed by atoms with Crippen LogP contribution in [0.3, 0.4) is 0 Å². The maximum atomic E-state index is 11.9. The van der Waals surface area contributed by atoms with Gasteiger partial charge in [-0.2, -0.15) is 13.2 Å². The third kappa shape index (κ3) is 3.95. The van der Waals surface area contributed by atoms with E-state index >= 15 is 0 Å². The Kier molecular flexibility index (Phi) is 3.72. The predicted molar refractivity (Wildman–Crippen MR) is 34.3 cm³/mol. The first-order valence-electron chi connectivity index (χ1n) is 3.15. The summed E-state index contributed by atoms with van der Waals surface area (Å²) in [6.45, 7) is 0.962. The minimum Gasteiger partial charge on any atom is -0.344 e. The van der Waals surface area contributed by atoms with Crippen molar-refractivity contribution in [3.63, 3.8) is 0 Å². The zero-order valence-corrected chi connectivity index (χ0v) is 6.31. The van der Waals surface area contributed by atoms with Crippen LogP contribution in [0.25, 0.3) is 0 Å². The summed E-state index contributed by atoms with van der Waals surface area (Å²) in [6, 6.07) is -2.06. The fourth-order valence-corrected chi connectivity index (χ4v) is 0.616. The number of nitrogens with one attached hydrogen (secondary N) is 1. The van der Waals surface area contributed by atoms with Gasteiger partial charge in [-0.05, 0) is 0 Å². The SMILES string of the molecule is CC(=O)N[C@@H](CC=O)C(F)(F)F. The number of aldehydes is 1. The second kappa shape index (κ2) is 4.08. The van der Waals surface area contributed by atoms with E-state index in [0.29, 0.717) is 0 Å². The normalized spacial score (nSPS) is 13.7. The van der Waals surface area contributed by atoms with Crippen LogP contribution in [0.4, 0.5) is 13.2 Å². The summed E-state index contributed by atoms with van der Waals surface area (Å²) in [5.74, 6) is -0.806. The standard InChI is InChI=1S/C6H8F3NO2/c1-4(12)10-5(2-3-11)6(7,8)9/h3,5H,2H2,1H3,(H,10,12)/t5-/m0/s1. The first-order valence-corrected chi connectivity index (χ1v) is 3.15. The molecule has 0 aromatic rings. The molecule has 12 heavy (non-hydrogen) atoms. The van der Waals surface area contributed by atoms with Gasteiger partial charge in [0.05, 0.1) is 0 Å². The lowest BCUT2D eigenvalue weighted by Crippen LogP contribution is -2.44. The number of halogens is 3. The molecule has 1 N–H and O–H groups in total. The Hall–Kier alpha value is -1.07. The molecule has 0 rings (SSSR count). The van der Waals surface area contributed by atoms with Crippen LogP contribution in [0.2, 0.25) is 0 Å². The van der Waals surface area contributed by atoms with Gasteiger partial charge in [-0.1, -0.05) is 0 Å². The highest BCUT2D eigenvalue weighted by atomic mass is 19.4. The third-order valence-corrected chi connectivity index (χ3v) is 1.10. The molecule has 0 heterocycles. The molecule has 0 radical (unpaired) electrons. The van der Waals surface area contributed by atoms with Crippen LogP contribution >= 0.6 is 0 Å². The lowest BCUT2D eigenvalue weighted by atomic mass is 10.2. The van der Waals surface area contributed by atoms with E-state index in [-0.39, 0.29) is 6.29 Å². The second-order valence-electron chi connectivity index (χ2n) is 2.20. The van der Waals surface area contributed by atoms with Gasteiger partial charge in [0.25, 0.3) is 0 Å². The number of hydrogen-bond acceptors (Lipinski definition) is 2. The second-order valence-corrected chi connectivity index (χ2v) is 2.20. The van der Waals surface area contributed by atoms with Crippen molar-refractivity contribution in [2.24, 2.45) is 0 Å². The molecule has 0 aliphatic carbocycles. The maximum absolute atomic E-state index is 11.9. The van der Waals surface area contributed by atoms with Gasteiger partial charge in [-0.3, -0.25) is 4.79 Å². The molecule has 0 aliphatic heterocycles. The first kappa shape index (κ1) is 10.9. The van der Waals surface area contributed by atoms with E-state index < -0.39 is 24.5 Å². The number of hydrogen-bond donors (Lipinski definition) is 1. The molecule has 0 saturated heterocycles. The van der Waals surface area contributed by atoms with Gasteiger partial charge in [-0.15, -0.1) is 0 Å². The van der Waals surface area contributed by atoms with Crippen molar-refractivity contribution in [1.29, 1.82) is 0 Å². The number of carbonyl (C=O) groups excluding carboxylic acids is 2. The van der Waals surface area contributed by atoms with Crippen LogP contribution in [-0.4, -0.2) is 24.4 Å². The van der Waals surface area contributed by atoms with Gasteiger partial charge < -0.3 is 10.1 Å². The molecule has 0 aliphatic rings. The third-order valence-electron chi connectivity index (χ3n) is 1.10. The molecule has 6 heteroatoms. The lowest BCUT2D eigenvalue weighted by Gasteiger charge is -2.18. The van der Waals surface area contributed by atoms with Gasteiger partial charge in [0.2, 0.25) is 5.91 Å². The zero-order valence-electron chi connectivity index (χ0n) is 6.31. The Bertz CT molecular complexity index is 178. The van der Waals surface area contributed by atoms with Crippen LogP contribution in [0, 0.1) is 0 Å². The number of amides is 1. The summed E-state index contributed by atoms with van der Waals surface area (Å²) in [7, 11) is 0. The van der Waals surface area contributed by atoms with Crippen LogP contribution in [-0.2, 0) is 9.59 Å².